The molecule has 3 amide bonds. The van der Waals surface area contributed by atoms with Gasteiger partial charge in [0.1, 0.15) is 12.3 Å². The van der Waals surface area contributed by atoms with Crippen LogP contribution in [0.15, 0.2) is 24.3 Å². The monoisotopic (exact) mass is 334 g/mol. The Balaban J connectivity index is 1.73. The van der Waals surface area contributed by atoms with E-state index >= 15 is 0 Å². The van der Waals surface area contributed by atoms with Gasteiger partial charge < -0.3 is 14.8 Å². The van der Waals surface area contributed by atoms with Gasteiger partial charge in [0.05, 0.1) is 7.11 Å². The highest BCUT2D eigenvalue weighted by atomic mass is 16.5. The molecule has 1 N–H and O–H groups in total. The molecule has 1 fully saturated rings. The zero-order chi connectivity index (χ0) is 17.5. The van der Waals surface area contributed by atoms with Crippen LogP contribution in [-0.4, -0.2) is 55.4 Å². The molecule has 1 aromatic rings. The van der Waals surface area contributed by atoms with E-state index in [0.29, 0.717) is 30.7 Å². The summed E-state index contributed by atoms with van der Waals surface area (Å²) in [6, 6.07) is 6.36. The van der Waals surface area contributed by atoms with Crippen molar-refractivity contribution in [2.24, 2.45) is 0 Å². The Morgan fingerprint density at radius 2 is 1.92 bits per heavy atom. The predicted molar refractivity (Wildman–Crippen MR) is 82.2 cm³/mol. The third kappa shape index (κ3) is 4.55. The fourth-order valence-electron chi connectivity index (χ4n) is 2.18. The smallest absolute Gasteiger partial charge is 0.325 e. The van der Waals surface area contributed by atoms with E-state index in [4.69, 9.17) is 9.47 Å². The summed E-state index contributed by atoms with van der Waals surface area (Å²) >= 11 is 0. The number of nitrogens with zero attached hydrogens (tertiary/aromatic N) is 1. The van der Waals surface area contributed by atoms with Gasteiger partial charge in [0.25, 0.3) is 11.8 Å². The lowest BCUT2D eigenvalue weighted by Gasteiger charge is -2.13. The first-order chi connectivity index (χ1) is 11.5. The number of imide groups is 1. The molecule has 0 radical (unpaired) electrons. The number of esters is 1. The number of methoxy groups -OCH3 is 1. The lowest BCUT2D eigenvalue weighted by molar-refractivity contribution is -0.154. The minimum Gasteiger partial charge on any atom is -0.497 e. The number of ether oxygens (including phenoxy) is 2. The summed E-state index contributed by atoms with van der Waals surface area (Å²) in [5.41, 5.74) is 0.363. The maximum atomic E-state index is 11.9. The van der Waals surface area contributed by atoms with Gasteiger partial charge in [0, 0.05) is 18.5 Å². The molecule has 24 heavy (non-hydrogen) atoms. The lowest BCUT2D eigenvalue weighted by Crippen LogP contribution is -2.37. The molecule has 0 aromatic heterocycles. The SMILES string of the molecule is COc1ccc(C(=O)NCC(=O)OCC(=O)N2CCCC2=O)cc1. The first-order valence-corrected chi connectivity index (χ1v) is 7.42. The Morgan fingerprint density at radius 3 is 2.50 bits per heavy atom. The quantitative estimate of drug-likeness (QED) is 0.741. The van der Waals surface area contributed by atoms with Crippen LogP contribution in [0.2, 0.25) is 0 Å². The number of rotatable bonds is 6. The maximum absolute atomic E-state index is 11.9. The van der Waals surface area contributed by atoms with Crippen LogP contribution in [-0.2, 0) is 19.1 Å². The largest absolute Gasteiger partial charge is 0.497 e. The second-order valence-electron chi connectivity index (χ2n) is 5.11. The van der Waals surface area contributed by atoms with E-state index in [2.05, 4.69) is 5.32 Å². The average molecular weight is 334 g/mol. The van der Waals surface area contributed by atoms with Gasteiger partial charge in [-0.15, -0.1) is 0 Å². The number of nitrogens with one attached hydrogen (secondary N) is 1. The summed E-state index contributed by atoms with van der Waals surface area (Å²) in [6.45, 7) is -0.529. The first kappa shape index (κ1) is 17.5. The summed E-state index contributed by atoms with van der Waals surface area (Å²) in [5, 5.41) is 2.39. The molecule has 1 aliphatic rings. The molecule has 0 atom stereocenters. The Labute approximate surface area is 138 Å². The third-order valence-corrected chi connectivity index (χ3v) is 3.48. The van der Waals surface area contributed by atoms with Gasteiger partial charge in [-0.2, -0.15) is 0 Å². The second kappa shape index (κ2) is 8.09. The highest BCUT2D eigenvalue weighted by molar-refractivity contribution is 5.98. The predicted octanol–water partition coefficient (Wildman–Crippen LogP) is 0.117. The van der Waals surface area contributed by atoms with Crippen LogP contribution in [0.3, 0.4) is 0 Å². The van der Waals surface area contributed by atoms with Crippen molar-refractivity contribution in [3.63, 3.8) is 0 Å². The lowest BCUT2D eigenvalue weighted by atomic mass is 10.2. The van der Waals surface area contributed by atoms with Crippen LogP contribution in [0.25, 0.3) is 0 Å². The zero-order valence-corrected chi connectivity index (χ0v) is 13.2. The first-order valence-electron chi connectivity index (χ1n) is 7.42. The van der Waals surface area contributed by atoms with E-state index in [-0.39, 0.29) is 12.5 Å². The van der Waals surface area contributed by atoms with E-state index < -0.39 is 24.4 Å². The van der Waals surface area contributed by atoms with Crippen molar-refractivity contribution >= 4 is 23.7 Å². The number of benzene rings is 1. The van der Waals surface area contributed by atoms with Crippen molar-refractivity contribution in [1.82, 2.24) is 10.2 Å². The van der Waals surface area contributed by atoms with Crippen LogP contribution in [0.5, 0.6) is 5.75 Å². The molecule has 0 spiro atoms. The van der Waals surface area contributed by atoms with Crippen molar-refractivity contribution < 1.29 is 28.7 Å². The van der Waals surface area contributed by atoms with Gasteiger partial charge in [0.2, 0.25) is 5.91 Å². The third-order valence-electron chi connectivity index (χ3n) is 3.48. The van der Waals surface area contributed by atoms with Crippen molar-refractivity contribution in [2.75, 3.05) is 26.8 Å². The zero-order valence-electron chi connectivity index (χ0n) is 13.2. The summed E-state index contributed by atoms with van der Waals surface area (Å²) in [6.07, 6.45) is 0.952. The molecule has 1 heterocycles. The summed E-state index contributed by atoms with van der Waals surface area (Å²) in [4.78, 5) is 47.6. The van der Waals surface area contributed by atoms with Crippen molar-refractivity contribution in [2.45, 2.75) is 12.8 Å². The molecule has 1 saturated heterocycles. The van der Waals surface area contributed by atoms with Crippen molar-refractivity contribution in [3.8, 4) is 5.75 Å². The highest BCUT2D eigenvalue weighted by Crippen LogP contribution is 2.11. The number of carbonyl (C=O) groups is 4. The fourth-order valence-corrected chi connectivity index (χ4v) is 2.18. The number of amides is 3. The summed E-state index contributed by atoms with van der Waals surface area (Å²) < 4.78 is 9.76. The molecule has 128 valence electrons. The van der Waals surface area contributed by atoms with Gasteiger partial charge >= 0.3 is 5.97 Å². The molecule has 0 bridgehead atoms. The Bertz CT molecular complexity index is 640. The minimum absolute atomic E-state index is 0.260. The molecular formula is C16H18N2O6. The Morgan fingerprint density at radius 1 is 1.21 bits per heavy atom. The van der Waals surface area contributed by atoms with E-state index in [9.17, 15) is 19.2 Å². The van der Waals surface area contributed by atoms with Gasteiger partial charge in [-0.1, -0.05) is 0 Å². The summed E-state index contributed by atoms with van der Waals surface area (Å²) in [7, 11) is 1.52. The molecule has 8 nitrogen and oxygen atoms in total. The molecule has 0 unspecified atom stereocenters. The highest BCUT2D eigenvalue weighted by Gasteiger charge is 2.26. The molecule has 0 saturated carbocycles. The molecule has 1 aromatic carbocycles. The number of hydrogen-bond acceptors (Lipinski definition) is 6. The number of hydrogen-bond donors (Lipinski definition) is 1. The second-order valence-corrected chi connectivity index (χ2v) is 5.11. The van der Waals surface area contributed by atoms with E-state index in [0.717, 1.165) is 4.90 Å². The van der Waals surface area contributed by atoms with Gasteiger partial charge in [-0.05, 0) is 30.7 Å². The van der Waals surface area contributed by atoms with Crippen LogP contribution < -0.4 is 10.1 Å². The Kier molecular flexibility index (Phi) is 5.89. The molecule has 8 heteroatoms. The van der Waals surface area contributed by atoms with E-state index in [1.807, 2.05) is 0 Å². The van der Waals surface area contributed by atoms with Crippen LogP contribution in [0.1, 0.15) is 23.2 Å². The topological polar surface area (TPSA) is 102 Å². The van der Waals surface area contributed by atoms with Crippen LogP contribution in [0, 0.1) is 0 Å². The van der Waals surface area contributed by atoms with Crippen LogP contribution >= 0.6 is 0 Å². The van der Waals surface area contributed by atoms with Crippen LogP contribution in [0.4, 0.5) is 0 Å². The molecule has 2 rings (SSSR count). The number of carbonyl (C=O) groups excluding carboxylic acids is 4. The van der Waals surface area contributed by atoms with Crippen molar-refractivity contribution in [3.05, 3.63) is 29.8 Å². The molecular weight excluding hydrogens is 316 g/mol. The fraction of sp³-hybridized carbons (Fsp3) is 0.375. The minimum atomic E-state index is -0.753. The van der Waals surface area contributed by atoms with Gasteiger partial charge in [-0.3, -0.25) is 24.1 Å². The van der Waals surface area contributed by atoms with E-state index in [1.54, 1.807) is 24.3 Å². The Hall–Kier alpha value is -2.90. The number of likely N-dealkylation sites (tertiary alicyclic amines) is 1. The van der Waals surface area contributed by atoms with Gasteiger partial charge in [-0.25, -0.2) is 0 Å². The van der Waals surface area contributed by atoms with E-state index in [1.165, 1.54) is 7.11 Å². The van der Waals surface area contributed by atoms with Gasteiger partial charge in [0.15, 0.2) is 6.61 Å². The summed E-state index contributed by atoms with van der Waals surface area (Å²) in [5.74, 6) is -1.40. The normalized spacial score (nSPS) is 13.5. The average Bonchev–Trinajstić information content (AvgIpc) is 3.03. The standard InChI is InChI=1S/C16H18N2O6/c1-23-12-6-4-11(5-7-12)16(22)17-9-15(21)24-10-14(20)18-8-2-3-13(18)19/h4-7H,2-3,8-10H2,1H3,(H,17,22). The van der Waals surface area contributed by atoms with Crippen molar-refractivity contribution in [1.29, 1.82) is 0 Å². The molecule has 1 aliphatic heterocycles. The maximum Gasteiger partial charge on any atom is 0.325 e. The molecule has 0 aliphatic carbocycles.